The summed E-state index contributed by atoms with van der Waals surface area (Å²) >= 11 is 1.07. The Labute approximate surface area is 172 Å². The summed E-state index contributed by atoms with van der Waals surface area (Å²) in [4.78, 5) is 45.8. The highest BCUT2D eigenvalue weighted by atomic mass is 32.2. The molecule has 0 aliphatic carbocycles. The molecule has 0 spiro atoms. The first kappa shape index (κ1) is 20.6. The van der Waals surface area contributed by atoms with Crippen molar-refractivity contribution in [2.45, 2.75) is 24.2 Å². The summed E-state index contributed by atoms with van der Waals surface area (Å²) in [5, 5.41) is 3.30. The van der Waals surface area contributed by atoms with Gasteiger partial charge in [0.15, 0.2) is 0 Å². The minimum absolute atomic E-state index is 0.113. The van der Waals surface area contributed by atoms with E-state index >= 15 is 0 Å². The molecule has 0 radical (unpaired) electrons. The fourth-order valence-corrected chi connectivity index (χ4v) is 3.47. The van der Waals surface area contributed by atoms with Crippen molar-refractivity contribution in [2.24, 2.45) is 0 Å². The predicted octanol–water partition coefficient (Wildman–Crippen LogP) is 3.66. The highest BCUT2D eigenvalue weighted by molar-refractivity contribution is 8.13. The third-order valence-electron chi connectivity index (χ3n) is 4.20. The number of thioether (sulfide) groups is 1. The maximum atomic E-state index is 12.3. The van der Waals surface area contributed by atoms with Crippen LogP contribution in [-0.4, -0.2) is 40.1 Å². The molecular weight excluding hydrogens is 388 g/mol. The number of fused-ring (bicyclic) bond motifs is 1. The normalized spacial score (nSPS) is 10.7. The van der Waals surface area contributed by atoms with E-state index in [4.69, 9.17) is 0 Å². The van der Waals surface area contributed by atoms with Crippen molar-refractivity contribution in [1.82, 2.24) is 14.9 Å². The van der Waals surface area contributed by atoms with E-state index in [0.29, 0.717) is 40.2 Å². The molecule has 0 aliphatic rings. The number of carbonyl (C=O) groups is 2. The van der Waals surface area contributed by atoms with Crippen molar-refractivity contribution in [3.63, 3.8) is 0 Å². The Bertz CT molecular complexity index is 1090. The van der Waals surface area contributed by atoms with Crippen LogP contribution in [0.15, 0.2) is 58.2 Å². The average molecular weight is 410 g/mol. The van der Waals surface area contributed by atoms with Gasteiger partial charge in [0.05, 0.1) is 16.6 Å². The van der Waals surface area contributed by atoms with Gasteiger partial charge in [0.2, 0.25) is 5.91 Å². The summed E-state index contributed by atoms with van der Waals surface area (Å²) in [5.41, 5.74) is 1.08. The van der Waals surface area contributed by atoms with Crippen LogP contribution in [0.3, 0.4) is 0 Å². The van der Waals surface area contributed by atoms with Gasteiger partial charge in [-0.25, -0.2) is 4.98 Å². The number of nitrogens with zero attached hydrogens (tertiary/aromatic N) is 2. The molecule has 0 aliphatic heterocycles. The van der Waals surface area contributed by atoms with Gasteiger partial charge in [-0.15, -0.1) is 0 Å². The summed E-state index contributed by atoms with van der Waals surface area (Å²) in [6.45, 7) is 0. The number of anilines is 1. The van der Waals surface area contributed by atoms with Gasteiger partial charge in [0.25, 0.3) is 10.8 Å². The molecule has 0 unspecified atom stereocenters. The van der Waals surface area contributed by atoms with Gasteiger partial charge in [0, 0.05) is 31.8 Å². The Morgan fingerprint density at radius 2 is 1.83 bits per heavy atom. The molecule has 7 nitrogen and oxygen atoms in total. The monoisotopic (exact) mass is 410 g/mol. The van der Waals surface area contributed by atoms with Crippen LogP contribution in [0.5, 0.6) is 0 Å². The summed E-state index contributed by atoms with van der Waals surface area (Å²) in [7, 11) is 3.36. The zero-order valence-corrected chi connectivity index (χ0v) is 17.1. The summed E-state index contributed by atoms with van der Waals surface area (Å²) in [6.07, 6.45) is 1.30. The quantitative estimate of drug-likeness (QED) is 0.605. The van der Waals surface area contributed by atoms with Crippen molar-refractivity contribution in [3.05, 3.63) is 64.7 Å². The van der Waals surface area contributed by atoms with E-state index in [1.54, 1.807) is 44.4 Å². The Kier molecular flexibility index (Phi) is 6.66. The third kappa shape index (κ3) is 5.45. The molecule has 3 rings (SSSR count). The molecule has 0 atom stereocenters. The molecule has 8 heteroatoms. The molecule has 1 heterocycles. The lowest BCUT2D eigenvalue weighted by atomic mass is 10.2. The van der Waals surface area contributed by atoms with E-state index in [0.717, 1.165) is 11.8 Å². The highest BCUT2D eigenvalue weighted by Crippen LogP contribution is 2.28. The number of benzene rings is 2. The number of hydrogen-bond acceptors (Lipinski definition) is 5. The standard InChI is InChI=1S/C21H22N4O3S/c1-25(2)21(28)29-17-11-6-5-10-16(17)23-19(26)13-7-12-18-22-15-9-4-3-8-14(15)20(27)24-18/h3-6,8-11H,7,12-13H2,1-2H3,(H,23,26)(H,22,24,27). The van der Waals surface area contributed by atoms with E-state index in [-0.39, 0.29) is 23.1 Å². The Morgan fingerprint density at radius 1 is 1.10 bits per heavy atom. The van der Waals surface area contributed by atoms with E-state index < -0.39 is 0 Å². The Morgan fingerprint density at radius 3 is 2.62 bits per heavy atom. The van der Waals surface area contributed by atoms with E-state index in [9.17, 15) is 14.4 Å². The maximum Gasteiger partial charge on any atom is 0.286 e. The zero-order valence-electron chi connectivity index (χ0n) is 16.3. The van der Waals surface area contributed by atoms with Crippen molar-refractivity contribution >= 4 is 39.5 Å². The number of aromatic nitrogens is 2. The number of carbonyl (C=O) groups excluding carboxylic acids is 2. The van der Waals surface area contributed by atoms with Crippen LogP contribution in [0, 0.1) is 0 Å². The number of hydrogen-bond donors (Lipinski definition) is 2. The maximum absolute atomic E-state index is 12.3. The summed E-state index contributed by atoms with van der Waals surface area (Å²) < 4.78 is 0. The molecule has 1 aromatic heterocycles. The van der Waals surface area contributed by atoms with Crippen LogP contribution >= 0.6 is 11.8 Å². The second kappa shape index (κ2) is 9.38. The van der Waals surface area contributed by atoms with Crippen LogP contribution in [0.25, 0.3) is 10.9 Å². The van der Waals surface area contributed by atoms with Gasteiger partial charge in [-0.1, -0.05) is 24.3 Å². The van der Waals surface area contributed by atoms with Crippen molar-refractivity contribution in [1.29, 1.82) is 0 Å². The predicted molar refractivity (Wildman–Crippen MR) is 115 cm³/mol. The van der Waals surface area contributed by atoms with Crippen LogP contribution < -0.4 is 10.9 Å². The smallest absolute Gasteiger partial charge is 0.286 e. The molecule has 3 aromatic rings. The molecule has 29 heavy (non-hydrogen) atoms. The number of nitrogens with one attached hydrogen (secondary N) is 2. The van der Waals surface area contributed by atoms with Gasteiger partial charge < -0.3 is 15.2 Å². The third-order valence-corrected chi connectivity index (χ3v) is 5.32. The number of para-hydroxylation sites is 2. The molecule has 150 valence electrons. The molecular formula is C21H22N4O3S. The minimum atomic E-state index is -0.174. The second-order valence-electron chi connectivity index (χ2n) is 6.69. The number of H-pyrrole nitrogens is 1. The molecule has 2 aromatic carbocycles. The summed E-state index contributed by atoms with van der Waals surface area (Å²) in [6, 6.07) is 14.4. The average Bonchev–Trinajstić information content (AvgIpc) is 2.69. The van der Waals surface area contributed by atoms with E-state index in [1.807, 2.05) is 18.2 Å². The van der Waals surface area contributed by atoms with Gasteiger partial charge >= 0.3 is 0 Å². The van der Waals surface area contributed by atoms with Gasteiger partial charge in [0.1, 0.15) is 5.82 Å². The first-order valence-electron chi connectivity index (χ1n) is 9.20. The fourth-order valence-electron chi connectivity index (χ4n) is 2.73. The molecule has 0 bridgehead atoms. The van der Waals surface area contributed by atoms with Crippen LogP contribution in [0.4, 0.5) is 10.5 Å². The summed E-state index contributed by atoms with van der Waals surface area (Å²) in [5.74, 6) is 0.410. The van der Waals surface area contributed by atoms with Crippen LogP contribution in [0.2, 0.25) is 0 Å². The molecule has 2 amide bonds. The van der Waals surface area contributed by atoms with Crippen LogP contribution in [0.1, 0.15) is 18.7 Å². The highest BCUT2D eigenvalue weighted by Gasteiger charge is 2.12. The molecule has 0 saturated heterocycles. The minimum Gasteiger partial charge on any atom is -0.339 e. The first-order valence-corrected chi connectivity index (χ1v) is 10.0. The van der Waals surface area contributed by atoms with Crippen molar-refractivity contribution in [2.75, 3.05) is 19.4 Å². The second-order valence-corrected chi connectivity index (χ2v) is 7.68. The van der Waals surface area contributed by atoms with Gasteiger partial charge in [-0.05, 0) is 42.4 Å². The Hall–Kier alpha value is -3.13. The number of aryl methyl sites for hydroxylation is 1. The topological polar surface area (TPSA) is 95.2 Å². The Balaban J connectivity index is 1.58. The lowest BCUT2D eigenvalue weighted by Crippen LogP contribution is -2.17. The van der Waals surface area contributed by atoms with Gasteiger partial charge in [-0.2, -0.15) is 0 Å². The van der Waals surface area contributed by atoms with Crippen LogP contribution in [-0.2, 0) is 11.2 Å². The zero-order chi connectivity index (χ0) is 20.8. The van der Waals surface area contributed by atoms with Crippen molar-refractivity contribution < 1.29 is 9.59 Å². The largest absolute Gasteiger partial charge is 0.339 e. The lowest BCUT2D eigenvalue weighted by Gasteiger charge is -2.13. The van der Waals surface area contributed by atoms with Crippen molar-refractivity contribution in [3.8, 4) is 0 Å². The van der Waals surface area contributed by atoms with E-state index in [1.165, 1.54) is 4.90 Å². The first-order chi connectivity index (χ1) is 13.9. The molecule has 2 N–H and O–H groups in total. The van der Waals surface area contributed by atoms with Gasteiger partial charge in [-0.3, -0.25) is 14.4 Å². The number of rotatable bonds is 6. The molecule has 0 fully saturated rings. The molecule has 0 saturated carbocycles. The lowest BCUT2D eigenvalue weighted by molar-refractivity contribution is -0.116. The number of aromatic amines is 1. The fraction of sp³-hybridized carbons (Fsp3) is 0.238. The SMILES string of the molecule is CN(C)C(=O)Sc1ccccc1NC(=O)CCCc1nc2ccccc2c(=O)[nH]1. The van der Waals surface area contributed by atoms with E-state index in [2.05, 4.69) is 15.3 Å². The number of amides is 2.